The SMILES string of the molecule is CC(O)CCNC(=O)NCC1(c2ccccc2)CC1. The number of amides is 2. The van der Waals surface area contributed by atoms with Crippen LogP contribution < -0.4 is 10.6 Å². The van der Waals surface area contributed by atoms with Crippen LogP contribution in [0.25, 0.3) is 0 Å². The van der Waals surface area contributed by atoms with E-state index in [4.69, 9.17) is 5.11 Å². The van der Waals surface area contributed by atoms with Gasteiger partial charge in [0.25, 0.3) is 0 Å². The second-order valence-electron chi connectivity index (χ2n) is 5.39. The van der Waals surface area contributed by atoms with Crippen molar-refractivity contribution in [3.8, 4) is 0 Å². The van der Waals surface area contributed by atoms with Crippen molar-refractivity contribution in [3.05, 3.63) is 35.9 Å². The number of carbonyl (C=O) groups is 1. The van der Waals surface area contributed by atoms with Crippen molar-refractivity contribution in [1.82, 2.24) is 10.6 Å². The van der Waals surface area contributed by atoms with Crippen molar-refractivity contribution in [2.75, 3.05) is 13.1 Å². The molecule has 1 fully saturated rings. The van der Waals surface area contributed by atoms with Crippen LogP contribution in [0.2, 0.25) is 0 Å². The third-order valence-corrected chi connectivity index (χ3v) is 3.67. The molecule has 0 saturated heterocycles. The minimum Gasteiger partial charge on any atom is -0.393 e. The molecule has 1 aromatic rings. The average Bonchev–Trinajstić information content (AvgIpc) is 3.18. The summed E-state index contributed by atoms with van der Waals surface area (Å²) in [6, 6.07) is 10.2. The Kier molecular flexibility index (Phi) is 4.43. The van der Waals surface area contributed by atoms with Crippen LogP contribution in [0.1, 0.15) is 31.7 Å². The number of hydrogen-bond donors (Lipinski definition) is 3. The molecule has 1 saturated carbocycles. The van der Waals surface area contributed by atoms with Gasteiger partial charge in [0.05, 0.1) is 6.10 Å². The second kappa shape index (κ2) is 6.06. The Balaban J connectivity index is 1.75. The summed E-state index contributed by atoms with van der Waals surface area (Å²) in [5.74, 6) is 0. The van der Waals surface area contributed by atoms with E-state index in [-0.39, 0.29) is 17.6 Å². The molecule has 1 aliphatic carbocycles. The van der Waals surface area contributed by atoms with E-state index in [1.54, 1.807) is 6.92 Å². The molecule has 1 aliphatic rings. The van der Waals surface area contributed by atoms with Crippen molar-refractivity contribution in [2.24, 2.45) is 0 Å². The van der Waals surface area contributed by atoms with Gasteiger partial charge >= 0.3 is 6.03 Å². The first-order valence-electron chi connectivity index (χ1n) is 6.88. The highest BCUT2D eigenvalue weighted by Crippen LogP contribution is 2.47. The Morgan fingerprint density at radius 3 is 2.58 bits per heavy atom. The van der Waals surface area contributed by atoms with Crippen LogP contribution in [0.4, 0.5) is 4.79 Å². The van der Waals surface area contributed by atoms with E-state index in [0.717, 1.165) is 12.8 Å². The molecule has 19 heavy (non-hydrogen) atoms. The zero-order chi connectivity index (χ0) is 13.7. The molecule has 0 spiro atoms. The van der Waals surface area contributed by atoms with Crippen molar-refractivity contribution in [1.29, 1.82) is 0 Å². The summed E-state index contributed by atoms with van der Waals surface area (Å²) in [6.45, 7) is 2.90. The molecular weight excluding hydrogens is 240 g/mol. The first kappa shape index (κ1) is 13.9. The number of aliphatic hydroxyl groups is 1. The van der Waals surface area contributed by atoms with Gasteiger partial charge in [-0.2, -0.15) is 0 Å². The molecule has 3 N–H and O–H groups in total. The number of hydrogen-bond acceptors (Lipinski definition) is 2. The van der Waals surface area contributed by atoms with Gasteiger partial charge in [-0.15, -0.1) is 0 Å². The van der Waals surface area contributed by atoms with Gasteiger partial charge in [-0.25, -0.2) is 4.79 Å². The topological polar surface area (TPSA) is 61.4 Å². The predicted octanol–water partition coefficient (Wildman–Crippen LogP) is 1.79. The highest BCUT2D eigenvalue weighted by molar-refractivity contribution is 5.74. The van der Waals surface area contributed by atoms with Crippen LogP contribution in [0, 0.1) is 0 Å². The lowest BCUT2D eigenvalue weighted by molar-refractivity contribution is 0.183. The van der Waals surface area contributed by atoms with Gasteiger partial charge in [-0.3, -0.25) is 0 Å². The highest BCUT2D eigenvalue weighted by Gasteiger charge is 2.44. The molecule has 0 aromatic heterocycles. The van der Waals surface area contributed by atoms with E-state index in [1.165, 1.54) is 5.56 Å². The average molecular weight is 262 g/mol. The molecule has 4 nitrogen and oxygen atoms in total. The van der Waals surface area contributed by atoms with Crippen LogP contribution in [-0.2, 0) is 5.41 Å². The fourth-order valence-electron chi connectivity index (χ4n) is 2.22. The lowest BCUT2D eigenvalue weighted by Crippen LogP contribution is -2.40. The molecule has 0 radical (unpaired) electrons. The summed E-state index contributed by atoms with van der Waals surface area (Å²) in [5.41, 5.74) is 1.45. The van der Waals surface area contributed by atoms with Crippen molar-refractivity contribution in [2.45, 2.75) is 37.7 Å². The fraction of sp³-hybridized carbons (Fsp3) is 0.533. The van der Waals surface area contributed by atoms with Crippen LogP contribution in [0.3, 0.4) is 0 Å². The number of carbonyl (C=O) groups excluding carboxylic acids is 1. The van der Waals surface area contributed by atoms with Crippen molar-refractivity contribution in [3.63, 3.8) is 0 Å². The molecular formula is C15H22N2O2. The molecule has 104 valence electrons. The van der Waals surface area contributed by atoms with Crippen LogP contribution in [0.5, 0.6) is 0 Å². The van der Waals surface area contributed by atoms with E-state index in [2.05, 4.69) is 22.8 Å². The zero-order valence-electron chi connectivity index (χ0n) is 11.4. The van der Waals surface area contributed by atoms with E-state index in [0.29, 0.717) is 19.5 Å². The predicted molar refractivity (Wildman–Crippen MR) is 75.1 cm³/mol. The number of aliphatic hydroxyl groups excluding tert-OH is 1. The fourth-order valence-corrected chi connectivity index (χ4v) is 2.22. The molecule has 2 amide bonds. The Morgan fingerprint density at radius 1 is 1.32 bits per heavy atom. The lowest BCUT2D eigenvalue weighted by atomic mass is 9.96. The molecule has 1 atom stereocenters. The van der Waals surface area contributed by atoms with Gasteiger partial charge in [0.1, 0.15) is 0 Å². The maximum Gasteiger partial charge on any atom is 0.314 e. The number of nitrogens with one attached hydrogen (secondary N) is 2. The van der Waals surface area contributed by atoms with Gasteiger partial charge in [-0.05, 0) is 31.7 Å². The second-order valence-corrected chi connectivity index (χ2v) is 5.39. The van der Waals surface area contributed by atoms with Crippen molar-refractivity contribution < 1.29 is 9.90 Å². The quantitative estimate of drug-likeness (QED) is 0.732. The van der Waals surface area contributed by atoms with Gasteiger partial charge in [-0.1, -0.05) is 30.3 Å². The molecule has 4 heteroatoms. The first-order valence-corrected chi connectivity index (χ1v) is 6.88. The number of urea groups is 1. The van der Waals surface area contributed by atoms with E-state index in [9.17, 15) is 4.79 Å². The Morgan fingerprint density at radius 2 is 2.00 bits per heavy atom. The highest BCUT2D eigenvalue weighted by atomic mass is 16.3. The summed E-state index contributed by atoms with van der Waals surface area (Å²) in [7, 11) is 0. The Bertz CT molecular complexity index is 413. The Hall–Kier alpha value is -1.55. The summed E-state index contributed by atoms with van der Waals surface area (Å²) in [4.78, 5) is 11.6. The zero-order valence-corrected chi connectivity index (χ0v) is 11.4. The third-order valence-electron chi connectivity index (χ3n) is 3.67. The molecule has 0 aliphatic heterocycles. The first-order chi connectivity index (χ1) is 9.12. The van der Waals surface area contributed by atoms with Gasteiger partial charge in [0, 0.05) is 18.5 Å². The monoisotopic (exact) mass is 262 g/mol. The van der Waals surface area contributed by atoms with Gasteiger partial charge in [0.15, 0.2) is 0 Å². The van der Waals surface area contributed by atoms with E-state index in [1.807, 2.05) is 18.2 Å². The summed E-state index contributed by atoms with van der Waals surface area (Å²) >= 11 is 0. The van der Waals surface area contributed by atoms with Crippen molar-refractivity contribution >= 4 is 6.03 Å². The smallest absolute Gasteiger partial charge is 0.314 e. The molecule has 2 rings (SSSR count). The minimum atomic E-state index is -0.376. The normalized spacial score (nSPS) is 17.6. The third kappa shape index (κ3) is 3.96. The van der Waals surface area contributed by atoms with E-state index < -0.39 is 0 Å². The maximum atomic E-state index is 11.6. The number of rotatable bonds is 6. The standard InChI is InChI=1S/C15H22N2O2/c1-12(18)7-10-16-14(19)17-11-15(8-9-15)13-5-3-2-4-6-13/h2-6,12,18H,7-11H2,1H3,(H2,16,17,19). The summed E-state index contributed by atoms with van der Waals surface area (Å²) < 4.78 is 0. The van der Waals surface area contributed by atoms with Crippen LogP contribution in [0.15, 0.2) is 30.3 Å². The molecule has 1 aromatic carbocycles. The summed E-state index contributed by atoms with van der Waals surface area (Å²) in [5, 5.41) is 14.8. The van der Waals surface area contributed by atoms with Gasteiger partial charge in [0.2, 0.25) is 0 Å². The summed E-state index contributed by atoms with van der Waals surface area (Å²) in [6.07, 6.45) is 2.46. The van der Waals surface area contributed by atoms with Crippen LogP contribution >= 0.6 is 0 Å². The maximum absolute atomic E-state index is 11.6. The van der Waals surface area contributed by atoms with Crippen LogP contribution in [-0.4, -0.2) is 30.3 Å². The molecule has 1 unspecified atom stereocenters. The Labute approximate surface area is 114 Å². The lowest BCUT2D eigenvalue weighted by Gasteiger charge is -2.17. The minimum absolute atomic E-state index is 0.142. The van der Waals surface area contributed by atoms with Gasteiger partial charge < -0.3 is 15.7 Å². The molecule has 0 bridgehead atoms. The largest absolute Gasteiger partial charge is 0.393 e. The van der Waals surface area contributed by atoms with E-state index >= 15 is 0 Å². The molecule has 0 heterocycles. The number of benzene rings is 1.